The molecule has 0 bridgehead atoms. The summed E-state index contributed by atoms with van der Waals surface area (Å²) in [5, 5.41) is 3.45. The summed E-state index contributed by atoms with van der Waals surface area (Å²) in [6.07, 6.45) is 2.39. The molecule has 21 heavy (non-hydrogen) atoms. The molecule has 5 heteroatoms. The Kier molecular flexibility index (Phi) is 7.09. The number of rotatable bonds is 11. The van der Waals surface area contributed by atoms with Crippen LogP contribution in [0.4, 0.5) is 4.39 Å². The van der Waals surface area contributed by atoms with Gasteiger partial charge >= 0.3 is 0 Å². The van der Waals surface area contributed by atoms with Crippen LogP contribution in [-0.2, 0) is 14.2 Å². The molecule has 0 heterocycles. The van der Waals surface area contributed by atoms with Crippen LogP contribution >= 0.6 is 0 Å². The standard InChI is InChI=1S/C16H24FNO3/c1-19-8-9-20-10-11-21-16(12-18-15-6-7-15)13-2-4-14(17)5-3-13/h2-5,15-16,18H,6-12H2,1H3. The van der Waals surface area contributed by atoms with Gasteiger partial charge in [-0.15, -0.1) is 0 Å². The summed E-state index contributed by atoms with van der Waals surface area (Å²) in [6.45, 7) is 2.95. The third-order valence-electron chi connectivity index (χ3n) is 3.39. The monoisotopic (exact) mass is 297 g/mol. The predicted octanol–water partition coefficient (Wildman–Crippen LogP) is 2.30. The van der Waals surface area contributed by atoms with Crippen LogP contribution in [0, 0.1) is 5.82 Å². The minimum absolute atomic E-state index is 0.0720. The lowest BCUT2D eigenvalue weighted by atomic mass is 10.1. The first kappa shape index (κ1) is 16.4. The largest absolute Gasteiger partial charge is 0.382 e. The summed E-state index contributed by atoms with van der Waals surface area (Å²) in [5.41, 5.74) is 0.987. The molecule has 0 aliphatic heterocycles. The fourth-order valence-electron chi connectivity index (χ4n) is 2.01. The van der Waals surface area contributed by atoms with E-state index in [2.05, 4.69) is 5.32 Å². The van der Waals surface area contributed by atoms with Crippen molar-refractivity contribution in [2.45, 2.75) is 25.0 Å². The molecule has 1 unspecified atom stereocenters. The quantitative estimate of drug-likeness (QED) is 0.636. The average molecular weight is 297 g/mol. The molecular weight excluding hydrogens is 273 g/mol. The van der Waals surface area contributed by atoms with Crippen LogP contribution in [0.25, 0.3) is 0 Å². The summed E-state index contributed by atoms with van der Waals surface area (Å²) < 4.78 is 29.2. The highest BCUT2D eigenvalue weighted by Gasteiger charge is 2.22. The Bertz CT molecular complexity index is 395. The van der Waals surface area contributed by atoms with Crippen LogP contribution < -0.4 is 5.32 Å². The van der Waals surface area contributed by atoms with Crippen molar-refractivity contribution in [3.05, 3.63) is 35.6 Å². The van der Waals surface area contributed by atoms with Gasteiger partial charge in [-0.2, -0.15) is 0 Å². The molecule has 1 fully saturated rings. The fraction of sp³-hybridized carbons (Fsp3) is 0.625. The Labute approximate surface area is 125 Å². The van der Waals surface area contributed by atoms with E-state index in [0.29, 0.717) is 32.5 Å². The van der Waals surface area contributed by atoms with Gasteiger partial charge in [0.2, 0.25) is 0 Å². The molecule has 1 aliphatic carbocycles. The van der Waals surface area contributed by atoms with E-state index in [9.17, 15) is 4.39 Å². The van der Waals surface area contributed by atoms with E-state index in [4.69, 9.17) is 14.2 Å². The van der Waals surface area contributed by atoms with Crippen molar-refractivity contribution >= 4 is 0 Å². The van der Waals surface area contributed by atoms with Crippen molar-refractivity contribution in [3.63, 3.8) is 0 Å². The molecule has 0 spiro atoms. The lowest BCUT2D eigenvalue weighted by Crippen LogP contribution is -2.26. The molecular formula is C16H24FNO3. The normalized spacial score (nSPS) is 16.1. The third kappa shape index (κ3) is 6.52. The molecule has 1 N–H and O–H groups in total. The van der Waals surface area contributed by atoms with E-state index in [-0.39, 0.29) is 11.9 Å². The van der Waals surface area contributed by atoms with Gasteiger partial charge in [-0.05, 0) is 30.5 Å². The summed E-state index contributed by atoms with van der Waals surface area (Å²) in [5.74, 6) is -0.226. The lowest BCUT2D eigenvalue weighted by Gasteiger charge is -2.19. The van der Waals surface area contributed by atoms with Crippen LogP contribution in [0.2, 0.25) is 0 Å². The Morgan fingerprint density at radius 1 is 1.14 bits per heavy atom. The van der Waals surface area contributed by atoms with E-state index in [1.807, 2.05) is 0 Å². The van der Waals surface area contributed by atoms with Crippen LogP contribution in [-0.4, -0.2) is 46.1 Å². The molecule has 0 saturated heterocycles. The smallest absolute Gasteiger partial charge is 0.123 e. The van der Waals surface area contributed by atoms with E-state index in [1.54, 1.807) is 19.2 Å². The first-order chi connectivity index (χ1) is 10.3. The maximum Gasteiger partial charge on any atom is 0.123 e. The van der Waals surface area contributed by atoms with Gasteiger partial charge in [-0.25, -0.2) is 4.39 Å². The van der Waals surface area contributed by atoms with Crippen molar-refractivity contribution in [1.29, 1.82) is 0 Å². The molecule has 1 aromatic rings. The van der Waals surface area contributed by atoms with E-state index in [0.717, 1.165) is 12.1 Å². The number of nitrogens with one attached hydrogen (secondary N) is 1. The maximum atomic E-state index is 13.0. The Hall–Kier alpha value is -1.01. The summed E-state index contributed by atoms with van der Waals surface area (Å²) in [7, 11) is 1.65. The summed E-state index contributed by atoms with van der Waals surface area (Å²) in [6, 6.07) is 7.12. The second-order valence-corrected chi connectivity index (χ2v) is 5.20. The molecule has 0 amide bonds. The highest BCUT2D eigenvalue weighted by atomic mass is 19.1. The summed E-state index contributed by atoms with van der Waals surface area (Å²) in [4.78, 5) is 0. The molecule has 2 rings (SSSR count). The van der Waals surface area contributed by atoms with Gasteiger partial charge < -0.3 is 19.5 Å². The molecule has 1 saturated carbocycles. The molecule has 1 aliphatic rings. The lowest BCUT2D eigenvalue weighted by molar-refractivity contribution is -0.00699. The van der Waals surface area contributed by atoms with Gasteiger partial charge in [-0.1, -0.05) is 12.1 Å². The zero-order valence-corrected chi connectivity index (χ0v) is 12.5. The van der Waals surface area contributed by atoms with Crippen molar-refractivity contribution in [3.8, 4) is 0 Å². The molecule has 118 valence electrons. The van der Waals surface area contributed by atoms with Crippen LogP contribution in [0.15, 0.2) is 24.3 Å². The Balaban J connectivity index is 1.75. The van der Waals surface area contributed by atoms with E-state index in [1.165, 1.54) is 25.0 Å². The SMILES string of the molecule is COCCOCCOC(CNC1CC1)c1ccc(F)cc1. The number of methoxy groups -OCH3 is 1. The third-order valence-corrected chi connectivity index (χ3v) is 3.39. The highest BCUT2D eigenvalue weighted by Crippen LogP contribution is 2.22. The van der Waals surface area contributed by atoms with Gasteiger partial charge in [0.15, 0.2) is 0 Å². The van der Waals surface area contributed by atoms with Crippen LogP contribution in [0.1, 0.15) is 24.5 Å². The number of benzene rings is 1. The highest BCUT2D eigenvalue weighted by molar-refractivity contribution is 5.19. The number of hydrogen-bond donors (Lipinski definition) is 1. The number of halogens is 1. The van der Waals surface area contributed by atoms with Gasteiger partial charge in [-0.3, -0.25) is 0 Å². The van der Waals surface area contributed by atoms with Gasteiger partial charge in [0.1, 0.15) is 5.82 Å². The van der Waals surface area contributed by atoms with Crippen LogP contribution in [0.3, 0.4) is 0 Å². The minimum atomic E-state index is -0.226. The molecule has 0 radical (unpaired) electrons. The van der Waals surface area contributed by atoms with E-state index < -0.39 is 0 Å². The first-order valence-corrected chi connectivity index (χ1v) is 7.46. The summed E-state index contributed by atoms with van der Waals surface area (Å²) >= 11 is 0. The van der Waals surface area contributed by atoms with Gasteiger partial charge in [0.05, 0.1) is 32.5 Å². The zero-order chi connectivity index (χ0) is 14.9. The Morgan fingerprint density at radius 2 is 1.86 bits per heavy atom. The first-order valence-electron chi connectivity index (χ1n) is 7.46. The average Bonchev–Trinajstić information content (AvgIpc) is 3.31. The predicted molar refractivity (Wildman–Crippen MR) is 78.8 cm³/mol. The number of hydrogen-bond acceptors (Lipinski definition) is 4. The van der Waals surface area contributed by atoms with Crippen molar-refractivity contribution in [2.75, 3.05) is 40.1 Å². The second-order valence-electron chi connectivity index (χ2n) is 5.20. The molecule has 1 aromatic carbocycles. The topological polar surface area (TPSA) is 39.7 Å². The second kappa shape index (κ2) is 9.10. The van der Waals surface area contributed by atoms with E-state index >= 15 is 0 Å². The minimum Gasteiger partial charge on any atom is -0.382 e. The number of ether oxygens (including phenoxy) is 3. The zero-order valence-electron chi connectivity index (χ0n) is 12.5. The van der Waals surface area contributed by atoms with Crippen molar-refractivity contribution < 1.29 is 18.6 Å². The van der Waals surface area contributed by atoms with Crippen LogP contribution in [0.5, 0.6) is 0 Å². The van der Waals surface area contributed by atoms with Crippen molar-refractivity contribution in [1.82, 2.24) is 5.32 Å². The van der Waals surface area contributed by atoms with Crippen molar-refractivity contribution in [2.24, 2.45) is 0 Å². The Morgan fingerprint density at radius 3 is 2.52 bits per heavy atom. The maximum absolute atomic E-state index is 13.0. The van der Waals surface area contributed by atoms with Gasteiger partial charge in [0, 0.05) is 19.7 Å². The molecule has 0 aromatic heterocycles. The van der Waals surface area contributed by atoms with Gasteiger partial charge in [0.25, 0.3) is 0 Å². The molecule has 4 nitrogen and oxygen atoms in total. The fourth-order valence-corrected chi connectivity index (χ4v) is 2.01. The molecule has 1 atom stereocenters.